The van der Waals surface area contributed by atoms with Crippen LogP contribution in [0.1, 0.15) is 36.7 Å². The first kappa shape index (κ1) is 23.9. The van der Waals surface area contributed by atoms with Gasteiger partial charge in [0.2, 0.25) is 15.9 Å². The summed E-state index contributed by atoms with van der Waals surface area (Å²) in [7, 11) is -1.73. The van der Waals surface area contributed by atoms with Crippen molar-refractivity contribution in [1.29, 1.82) is 0 Å². The molecule has 33 heavy (non-hydrogen) atoms. The van der Waals surface area contributed by atoms with Crippen molar-refractivity contribution in [2.45, 2.75) is 51.6 Å². The molecule has 10 nitrogen and oxygen atoms in total. The summed E-state index contributed by atoms with van der Waals surface area (Å²) in [6, 6.07) is 0. The number of hydrogen-bond acceptors (Lipinski definition) is 6. The molecule has 0 radical (unpaired) electrons. The minimum atomic E-state index is -3.66. The standard InChI is InChI=1S/C22H35N7O3S/c1-5-28-16-21(18(3)24-28)33(31,32)29-8-6-7-19(15-29)22(30)27-11-9-26(10-12-27)14-20-13-25(4)23-17(20)2/h13,16,19H,5-12,14-15H2,1-4H3. The molecule has 1 atom stereocenters. The van der Waals surface area contributed by atoms with E-state index in [1.165, 1.54) is 9.87 Å². The number of carbonyl (C=O) groups excluding carboxylic acids is 1. The molecule has 2 aromatic heterocycles. The van der Waals surface area contributed by atoms with E-state index >= 15 is 0 Å². The number of piperazine rings is 1. The van der Waals surface area contributed by atoms with Gasteiger partial charge in [-0.25, -0.2) is 8.42 Å². The summed E-state index contributed by atoms with van der Waals surface area (Å²) in [5.74, 6) is -0.213. The third-order valence-corrected chi connectivity index (χ3v) is 8.74. The van der Waals surface area contributed by atoms with Crippen molar-refractivity contribution in [3.05, 3.63) is 29.3 Å². The predicted molar refractivity (Wildman–Crippen MR) is 124 cm³/mol. The Morgan fingerprint density at radius 1 is 1.06 bits per heavy atom. The molecule has 2 saturated heterocycles. The van der Waals surface area contributed by atoms with E-state index in [2.05, 4.69) is 21.3 Å². The number of rotatable bonds is 6. The Kier molecular flexibility index (Phi) is 6.92. The lowest BCUT2D eigenvalue weighted by Gasteiger charge is -2.38. The number of aromatic nitrogens is 4. The molecule has 11 heteroatoms. The Labute approximate surface area is 196 Å². The zero-order valence-electron chi connectivity index (χ0n) is 20.1. The van der Waals surface area contributed by atoms with Gasteiger partial charge < -0.3 is 4.90 Å². The molecule has 1 unspecified atom stereocenters. The van der Waals surface area contributed by atoms with Crippen LogP contribution in [0.15, 0.2) is 17.3 Å². The highest BCUT2D eigenvalue weighted by molar-refractivity contribution is 7.89. The van der Waals surface area contributed by atoms with Crippen molar-refractivity contribution in [1.82, 2.24) is 33.7 Å². The molecular weight excluding hydrogens is 442 g/mol. The summed E-state index contributed by atoms with van der Waals surface area (Å²) in [6.07, 6.45) is 5.07. The van der Waals surface area contributed by atoms with Crippen molar-refractivity contribution in [2.75, 3.05) is 39.3 Å². The normalized spacial score (nSPS) is 21.0. The van der Waals surface area contributed by atoms with Crippen LogP contribution in [0.25, 0.3) is 0 Å². The van der Waals surface area contributed by atoms with Gasteiger partial charge in [0.25, 0.3) is 0 Å². The van der Waals surface area contributed by atoms with Crippen molar-refractivity contribution in [3.8, 4) is 0 Å². The van der Waals surface area contributed by atoms with Gasteiger partial charge in [0.1, 0.15) is 4.90 Å². The molecule has 0 spiro atoms. The molecule has 2 fully saturated rings. The van der Waals surface area contributed by atoms with E-state index in [0.717, 1.165) is 31.7 Å². The van der Waals surface area contributed by atoms with Gasteiger partial charge in [-0.1, -0.05) is 0 Å². The Hall–Kier alpha value is -2.24. The highest BCUT2D eigenvalue weighted by Gasteiger charge is 2.37. The minimum absolute atomic E-state index is 0.0769. The second-order valence-corrected chi connectivity index (χ2v) is 11.1. The van der Waals surface area contributed by atoms with Gasteiger partial charge in [-0.15, -0.1) is 0 Å². The lowest BCUT2D eigenvalue weighted by Crippen LogP contribution is -2.52. The van der Waals surface area contributed by atoms with Crippen molar-refractivity contribution < 1.29 is 13.2 Å². The van der Waals surface area contributed by atoms with Crippen LogP contribution in [-0.2, 0) is 35.0 Å². The topological polar surface area (TPSA) is 96.6 Å². The van der Waals surface area contributed by atoms with Crippen LogP contribution in [0.2, 0.25) is 0 Å². The van der Waals surface area contributed by atoms with E-state index in [1.54, 1.807) is 17.8 Å². The summed E-state index contributed by atoms with van der Waals surface area (Å²) >= 11 is 0. The van der Waals surface area contributed by atoms with Crippen LogP contribution in [0.5, 0.6) is 0 Å². The van der Waals surface area contributed by atoms with E-state index in [9.17, 15) is 13.2 Å². The third kappa shape index (κ3) is 4.99. The highest BCUT2D eigenvalue weighted by atomic mass is 32.2. The molecule has 0 saturated carbocycles. The quantitative estimate of drug-likeness (QED) is 0.616. The molecule has 2 aromatic rings. The maximum absolute atomic E-state index is 13.3. The van der Waals surface area contributed by atoms with Crippen LogP contribution in [0.4, 0.5) is 0 Å². The lowest BCUT2D eigenvalue weighted by atomic mass is 9.97. The van der Waals surface area contributed by atoms with Gasteiger partial charge in [0.05, 0.1) is 17.3 Å². The zero-order chi connectivity index (χ0) is 23.8. The van der Waals surface area contributed by atoms with Crippen LogP contribution < -0.4 is 0 Å². The van der Waals surface area contributed by atoms with Gasteiger partial charge in [-0.3, -0.25) is 19.1 Å². The monoisotopic (exact) mass is 477 g/mol. The van der Waals surface area contributed by atoms with Gasteiger partial charge in [-0.2, -0.15) is 14.5 Å². The van der Waals surface area contributed by atoms with E-state index in [-0.39, 0.29) is 23.3 Å². The average Bonchev–Trinajstić information content (AvgIpc) is 3.34. The smallest absolute Gasteiger partial charge is 0.246 e. The number of hydrogen-bond donors (Lipinski definition) is 0. The second kappa shape index (κ2) is 9.55. The fourth-order valence-electron chi connectivity index (χ4n) is 4.85. The first-order valence-corrected chi connectivity index (χ1v) is 13.2. The van der Waals surface area contributed by atoms with Gasteiger partial charge in [0.15, 0.2) is 0 Å². The number of carbonyl (C=O) groups is 1. The number of nitrogens with zero attached hydrogens (tertiary/aromatic N) is 7. The average molecular weight is 478 g/mol. The van der Waals surface area contributed by atoms with Gasteiger partial charge in [0, 0.05) is 77.4 Å². The molecule has 0 aliphatic carbocycles. The van der Waals surface area contributed by atoms with E-state index in [4.69, 9.17) is 0 Å². The summed E-state index contributed by atoms with van der Waals surface area (Å²) in [4.78, 5) is 17.8. The molecule has 0 aromatic carbocycles. The molecule has 0 N–H and O–H groups in total. The maximum Gasteiger partial charge on any atom is 0.246 e. The van der Waals surface area contributed by atoms with Crippen LogP contribution in [0.3, 0.4) is 0 Å². The first-order valence-electron chi connectivity index (χ1n) is 11.7. The van der Waals surface area contributed by atoms with Gasteiger partial charge >= 0.3 is 0 Å². The van der Waals surface area contributed by atoms with Crippen molar-refractivity contribution in [3.63, 3.8) is 0 Å². The van der Waals surface area contributed by atoms with E-state index in [0.29, 0.717) is 38.3 Å². The fraction of sp³-hybridized carbons (Fsp3) is 0.682. The number of piperidine rings is 1. The largest absolute Gasteiger partial charge is 0.340 e. The molecule has 1 amide bonds. The summed E-state index contributed by atoms with van der Waals surface area (Å²) in [5, 5.41) is 8.70. The highest BCUT2D eigenvalue weighted by Crippen LogP contribution is 2.27. The van der Waals surface area contributed by atoms with Crippen LogP contribution in [-0.4, -0.2) is 87.3 Å². The summed E-state index contributed by atoms with van der Waals surface area (Å²) < 4.78 is 31.5. The lowest BCUT2D eigenvalue weighted by molar-refractivity contribution is -0.138. The Bertz CT molecular complexity index is 1100. The Balaban J connectivity index is 1.36. The summed E-state index contributed by atoms with van der Waals surface area (Å²) in [5.41, 5.74) is 2.76. The predicted octanol–water partition coefficient (Wildman–Crippen LogP) is 0.998. The van der Waals surface area contributed by atoms with Crippen molar-refractivity contribution >= 4 is 15.9 Å². The number of amides is 1. The van der Waals surface area contributed by atoms with Crippen molar-refractivity contribution in [2.24, 2.45) is 13.0 Å². The Morgan fingerprint density at radius 3 is 2.39 bits per heavy atom. The SMILES string of the molecule is CCn1cc(S(=O)(=O)N2CCCC(C(=O)N3CCN(Cc4cn(C)nc4C)CC3)C2)c(C)n1. The molecule has 182 valence electrons. The minimum Gasteiger partial charge on any atom is -0.340 e. The molecule has 4 heterocycles. The maximum atomic E-state index is 13.3. The van der Waals surface area contributed by atoms with Crippen LogP contribution in [0, 0.1) is 19.8 Å². The van der Waals surface area contributed by atoms with E-state index < -0.39 is 10.0 Å². The molecular formula is C22H35N7O3S. The van der Waals surface area contributed by atoms with E-state index in [1.807, 2.05) is 30.5 Å². The van der Waals surface area contributed by atoms with Crippen LogP contribution >= 0.6 is 0 Å². The molecule has 2 aliphatic rings. The zero-order valence-corrected chi connectivity index (χ0v) is 20.9. The fourth-order valence-corrected chi connectivity index (χ4v) is 6.54. The second-order valence-electron chi connectivity index (χ2n) is 9.15. The third-order valence-electron chi connectivity index (χ3n) is 6.77. The number of sulfonamides is 1. The Morgan fingerprint density at radius 2 is 1.79 bits per heavy atom. The van der Waals surface area contributed by atoms with Gasteiger partial charge in [-0.05, 0) is 33.6 Å². The molecule has 0 bridgehead atoms. The molecule has 2 aliphatic heterocycles. The number of aryl methyl sites for hydroxylation is 4. The first-order chi connectivity index (χ1) is 15.7. The molecule has 4 rings (SSSR count). The summed E-state index contributed by atoms with van der Waals surface area (Å²) in [6.45, 7) is 10.8.